The fourth-order valence-electron chi connectivity index (χ4n) is 3.88. The third kappa shape index (κ3) is 8.44. The second-order valence-electron chi connectivity index (χ2n) is 10.0. The molecule has 1 saturated heterocycles. The number of hydrogen-bond acceptors (Lipinski definition) is 5. The van der Waals surface area contributed by atoms with Gasteiger partial charge >= 0.3 is 12.3 Å². The Morgan fingerprint density at radius 1 is 1.02 bits per heavy atom. The molecule has 1 aliphatic heterocycles. The summed E-state index contributed by atoms with van der Waals surface area (Å²) >= 11 is 5.62. The van der Waals surface area contributed by atoms with Gasteiger partial charge in [0.15, 0.2) is 6.61 Å². The molecular formula is C26H27ClF5N3O5. The van der Waals surface area contributed by atoms with E-state index in [9.17, 15) is 36.3 Å². The highest BCUT2D eigenvalue weighted by atomic mass is 35.5. The van der Waals surface area contributed by atoms with Crippen LogP contribution in [0.1, 0.15) is 39.2 Å². The van der Waals surface area contributed by atoms with Gasteiger partial charge in [-0.1, -0.05) is 11.6 Å². The van der Waals surface area contributed by atoms with E-state index in [4.69, 9.17) is 21.1 Å². The Morgan fingerprint density at radius 2 is 1.73 bits per heavy atom. The number of rotatable bonds is 6. The van der Waals surface area contributed by atoms with Gasteiger partial charge in [-0.3, -0.25) is 14.5 Å². The molecule has 3 amide bonds. The Labute approximate surface area is 231 Å². The molecule has 1 heterocycles. The first-order valence-corrected chi connectivity index (χ1v) is 12.5. The molecule has 3 rings (SSSR count). The number of carbonyl (C=O) groups is 3. The minimum atomic E-state index is -4.77. The van der Waals surface area contributed by atoms with Gasteiger partial charge in [0, 0.05) is 18.7 Å². The third-order valence-corrected chi connectivity index (χ3v) is 6.00. The van der Waals surface area contributed by atoms with Crippen molar-refractivity contribution in [3.05, 3.63) is 58.6 Å². The molecule has 0 saturated carbocycles. The Morgan fingerprint density at radius 3 is 2.35 bits per heavy atom. The number of ether oxygens (including phenoxy) is 2. The normalized spacial score (nSPS) is 17.7. The summed E-state index contributed by atoms with van der Waals surface area (Å²) in [6.07, 6.45) is -5.52. The van der Waals surface area contributed by atoms with Gasteiger partial charge in [0.25, 0.3) is 5.91 Å². The zero-order chi connectivity index (χ0) is 29.8. The van der Waals surface area contributed by atoms with Crippen molar-refractivity contribution in [3.8, 4) is 5.75 Å². The summed E-state index contributed by atoms with van der Waals surface area (Å²) in [4.78, 5) is 39.5. The van der Waals surface area contributed by atoms with E-state index < -0.39 is 71.3 Å². The van der Waals surface area contributed by atoms with E-state index in [0.29, 0.717) is 18.2 Å². The van der Waals surface area contributed by atoms with Crippen molar-refractivity contribution in [2.45, 2.75) is 57.5 Å². The average molecular weight is 592 g/mol. The maximum atomic E-state index is 14.2. The maximum absolute atomic E-state index is 14.2. The maximum Gasteiger partial charge on any atom is 0.416 e. The molecule has 14 heteroatoms. The Bertz CT molecular complexity index is 1270. The third-order valence-electron chi connectivity index (χ3n) is 5.69. The van der Waals surface area contributed by atoms with Crippen LogP contribution in [0.25, 0.3) is 0 Å². The highest BCUT2D eigenvalue weighted by molar-refractivity contribution is 6.30. The molecule has 1 aliphatic rings. The molecule has 0 spiro atoms. The fraction of sp³-hybridized carbons (Fsp3) is 0.423. The summed E-state index contributed by atoms with van der Waals surface area (Å²) in [5.41, 5.74) is -2.82. The SMILES string of the molecule is CC(C)(C)OC(=O)N1CC(NC(=O)COc2ccc(Cl)c(F)c2)CC[C@H]1C(=O)Nc1cc(C(F)(F)F)ccc1F. The summed E-state index contributed by atoms with van der Waals surface area (Å²) < 4.78 is 77.7. The summed E-state index contributed by atoms with van der Waals surface area (Å²) in [5, 5.41) is 4.67. The summed E-state index contributed by atoms with van der Waals surface area (Å²) in [7, 11) is 0. The number of nitrogens with zero attached hydrogens (tertiary/aromatic N) is 1. The first kappa shape index (κ1) is 30.9. The van der Waals surface area contributed by atoms with Gasteiger partial charge < -0.3 is 20.1 Å². The number of hydrogen-bond donors (Lipinski definition) is 2. The van der Waals surface area contributed by atoms with Crippen LogP contribution in [0, 0.1) is 11.6 Å². The Kier molecular flexibility index (Phi) is 9.49. The van der Waals surface area contributed by atoms with Crippen molar-refractivity contribution in [1.29, 1.82) is 0 Å². The van der Waals surface area contributed by atoms with Crippen molar-refractivity contribution in [1.82, 2.24) is 10.2 Å². The molecule has 2 N–H and O–H groups in total. The average Bonchev–Trinajstić information content (AvgIpc) is 2.84. The lowest BCUT2D eigenvalue weighted by Gasteiger charge is -2.39. The Balaban J connectivity index is 1.71. The number of alkyl halides is 3. The number of likely N-dealkylation sites (tertiary alicyclic amines) is 1. The quantitative estimate of drug-likeness (QED) is 0.430. The first-order valence-electron chi connectivity index (χ1n) is 12.1. The summed E-state index contributed by atoms with van der Waals surface area (Å²) in [5.74, 6) is -3.28. The van der Waals surface area contributed by atoms with E-state index in [2.05, 4.69) is 10.6 Å². The van der Waals surface area contributed by atoms with Crippen LogP contribution in [-0.4, -0.2) is 53.6 Å². The Hall–Kier alpha value is -3.61. The van der Waals surface area contributed by atoms with Crippen LogP contribution in [0.4, 0.5) is 32.4 Å². The zero-order valence-electron chi connectivity index (χ0n) is 21.7. The van der Waals surface area contributed by atoms with Crippen LogP contribution in [0.5, 0.6) is 5.75 Å². The molecule has 2 aromatic rings. The second-order valence-corrected chi connectivity index (χ2v) is 10.4. The number of halogens is 6. The highest BCUT2D eigenvalue weighted by Gasteiger charge is 2.39. The molecule has 0 aromatic heterocycles. The molecule has 218 valence electrons. The number of benzene rings is 2. The monoisotopic (exact) mass is 591 g/mol. The van der Waals surface area contributed by atoms with E-state index in [-0.39, 0.29) is 30.2 Å². The molecule has 8 nitrogen and oxygen atoms in total. The lowest BCUT2D eigenvalue weighted by atomic mass is 9.97. The van der Waals surface area contributed by atoms with Crippen LogP contribution in [-0.2, 0) is 20.5 Å². The van der Waals surface area contributed by atoms with Crippen LogP contribution >= 0.6 is 11.6 Å². The summed E-state index contributed by atoms with van der Waals surface area (Å²) in [6, 6.07) is 3.35. The van der Waals surface area contributed by atoms with Crippen LogP contribution in [0.2, 0.25) is 5.02 Å². The van der Waals surface area contributed by atoms with E-state index in [1.807, 2.05) is 0 Å². The van der Waals surface area contributed by atoms with Crippen LogP contribution in [0.15, 0.2) is 36.4 Å². The molecule has 0 radical (unpaired) electrons. The topological polar surface area (TPSA) is 97.0 Å². The molecule has 0 aliphatic carbocycles. The first-order chi connectivity index (χ1) is 18.5. The highest BCUT2D eigenvalue weighted by Crippen LogP contribution is 2.32. The second kappa shape index (κ2) is 12.3. The van der Waals surface area contributed by atoms with Gasteiger partial charge in [-0.15, -0.1) is 0 Å². The lowest BCUT2D eigenvalue weighted by Crippen LogP contribution is -2.58. The molecule has 2 aromatic carbocycles. The lowest BCUT2D eigenvalue weighted by molar-refractivity contribution is -0.137. The van der Waals surface area contributed by atoms with Gasteiger partial charge in [-0.2, -0.15) is 13.2 Å². The van der Waals surface area contributed by atoms with Gasteiger partial charge in [0.2, 0.25) is 5.91 Å². The van der Waals surface area contributed by atoms with Gasteiger partial charge in [-0.25, -0.2) is 13.6 Å². The van der Waals surface area contributed by atoms with Crippen LogP contribution < -0.4 is 15.4 Å². The number of carbonyl (C=O) groups excluding carboxylic acids is 3. The largest absolute Gasteiger partial charge is 0.484 e. The van der Waals surface area contributed by atoms with Crippen molar-refractivity contribution in [3.63, 3.8) is 0 Å². The van der Waals surface area contributed by atoms with Gasteiger partial charge in [0.1, 0.15) is 29.0 Å². The molecule has 40 heavy (non-hydrogen) atoms. The molecule has 1 fully saturated rings. The minimum absolute atomic E-state index is 0.0279. The predicted octanol–water partition coefficient (Wildman–Crippen LogP) is 5.54. The van der Waals surface area contributed by atoms with Crippen molar-refractivity contribution in [2.24, 2.45) is 0 Å². The smallest absolute Gasteiger partial charge is 0.416 e. The molecular weight excluding hydrogens is 565 g/mol. The number of piperidine rings is 1. The standard InChI is InChI=1S/C26H27ClF5N3O5/c1-25(2,3)40-24(38)35-12-15(33-22(36)13-39-16-6-7-17(27)19(29)11-16)5-9-21(35)23(37)34-20-10-14(26(30,31)32)4-8-18(20)28/h4,6-8,10-11,15,21H,5,9,12-13H2,1-3H3,(H,33,36)(H,34,37)/t15?,21-/m0/s1. The van der Waals surface area contributed by atoms with Crippen molar-refractivity contribution >= 4 is 35.2 Å². The fourth-order valence-corrected chi connectivity index (χ4v) is 4.00. The van der Waals surface area contributed by atoms with E-state index in [0.717, 1.165) is 11.0 Å². The van der Waals surface area contributed by atoms with Gasteiger partial charge in [0.05, 0.1) is 16.3 Å². The molecule has 1 unspecified atom stereocenters. The van der Waals surface area contributed by atoms with Gasteiger partial charge in [-0.05, 0) is 63.9 Å². The number of anilines is 1. The number of nitrogens with one attached hydrogen (secondary N) is 2. The van der Waals surface area contributed by atoms with E-state index in [1.54, 1.807) is 20.8 Å². The van der Waals surface area contributed by atoms with E-state index >= 15 is 0 Å². The number of amides is 3. The van der Waals surface area contributed by atoms with Crippen LogP contribution in [0.3, 0.4) is 0 Å². The van der Waals surface area contributed by atoms with E-state index in [1.165, 1.54) is 12.1 Å². The van der Waals surface area contributed by atoms with Crippen molar-refractivity contribution < 1.29 is 45.8 Å². The summed E-state index contributed by atoms with van der Waals surface area (Å²) in [6.45, 7) is 4.11. The molecule has 0 bridgehead atoms. The van der Waals surface area contributed by atoms with Crippen molar-refractivity contribution in [2.75, 3.05) is 18.5 Å². The minimum Gasteiger partial charge on any atom is -0.484 e. The molecule has 2 atom stereocenters. The predicted molar refractivity (Wildman–Crippen MR) is 135 cm³/mol. The zero-order valence-corrected chi connectivity index (χ0v) is 22.5.